The summed E-state index contributed by atoms with van der Waals surface area (Å²) in [5, 5.41) is 4.35. The Hall–Kier alpha value is -1.66. The van der Waals surface area contributed by atoms with Crippen molar-refractivity contribution in [3.63, 3.8) is 0 Å². The number of unbranched alkanes of at least 4 members (excludes halogenated alkanes) is 2. The Labute approximate surface area is 124 Å². The second-order valence-electron chi connectivity index (χ2n) is 5.43. The van der Waals surface area contributed by atoms with Crippen LogP contribution < -0.4 is 16.7 Å². The molecule has 2 aromatic rings. The molecule has 0 atom stereocenters. The highest BCUT2D eigenvalue weighted by atomic mass is 16.1. The van der Waals surface area contributed by atoms with Crippen molar-refractivity contribution in [3.05, 3.63) is 28.4 Å². The summed E-state index contributed by atoms with van der Waals surface area (Å²) in [5.41, 5.74) is 6.96. The van der Waals surface area contributed by atoms with E-state index in [0.29, 0.717) is 5.65 Å². The fraction of sp³-hybridized carbons (Fsp3) is 0.600. The van der Waals surface area contributed by atoms with Gasteiger partial charge in [0.05, 0.1) is 0 Å². The summed E-state index contributed by atoms with van der Waals surface area (Å²) in [6, 6.07) is 2.01. The zero-order chi connectivity index (χ0) is 15.1. The van der Waals surface area contributed by atoms with Crippen LogP contribution in [-0.2, 0) is 6.54 Å². The zero-order valence-electron chi connectivity index (χ0n) is 12.7. The van der Waals surface area contributed by atoms with E-state index in [2.05, 4.69) is 15.3 Å². The number of fused-ring (bicyclic) bond motifs is 1. The molecule has 2 aromatic heterocycles. The SMILES string of the molecule is Cc1cc2cn(CCCCCNCCCN)c(=O)nc2[nH]1. The monoisotopic (exact) mass is 291 g/mol. The molecule has 0 fully saturated rings. The lowest BCUT2D eigenvalue weighted by Crippen LogP contribution is -2.22. The highest BCUT2D eigenvalue weighted by molar-refractivity contribution is 5.75. The number of nitrogens with one attached hydrogen (secondary N) is 2. The number of hydrogen-bond acceptors (Lipinski definition) is 4. The maximum Gasteiger partial charge on any atom is 0.349 e. The van der Waals surface area contributed by atoms with Gasteiger partial charge in [0.15, 0.2) is 0 Å². The molecule has 0 aromatic carbocycles. The first-order valence-corrected chi connectivity index (χ1v) is 7.68. The third-order valence-corrected chi connectivity index (χ3v) is 3.52. The number of aromatic nitrogens is 3. The van der Waals surface area contributed by atoms with Crippen LogP contribution in [0.4, 0.5) is 0 Å². The van der Waals surface area contributed by atoms with Crippen LogP contribution in [0.2, 0.25) is 0 Å². The molecule has 0 radical (unpaired) electrons. The van der Waals surface area contributed by atoms with Gasteiger partial charge in [-0.05, 0) is 51.9 Å². The Morgan fingerprint density at radius 2 is 2.10 bits per heavy atom. The van der Waals surface area contributed by atoms with E-state index in [0.717, 1.165) is 62.9 Å². The standard InChI is InChI=1S/C15H25N5O/c1-12-10-13-11-20(15(21)19-14(13)18-12)9-4-2-3-7-17-8-5-6-16/h10-11,17H,2-9,16H2,1H3,(H,18,19,21). The number of rotatable bonds is 9. The van der Waals surface area contributed by atoms with Crippen molar-refractivity contribution in [1.82, 2.24) is 19.9 Å². The molecular weight excluding hydrogens is 266 g/mol. The van der Waals surface area contributed by atoms with Gasteiger partial charge in [0.25, 0.3) is 0 Å². The number of nitrogens with two attached hydrogens (primary N) is 1. The summed E-state index contributed by atoms with van der Waals surface area (Å²) in [4.78, 5) is 19.0. The van der Waals surface area contributed by atoms with Crippen LogP contribution in [0.5, 0.6) is 0 Å². The average molecular weight is 291 g/mol. The van der Waals surface area contributed by atoms with Crippen LogP contribution >= 0.6 is 0 Å². The van der Waals surface area contributed by atoms with E-state index in [4.69, 9.17) is 5.73 Å². The molecule has 21 heavy (non-hydrogen) atoms. The minimum Gasteiger partial charge on any atom is -0.343 e. The third-order valence-electron chi connectivity index (χ3n) is 3.52. The third kappa shape index (κ3) is 4.68. The Morgan fingerprint density at radius 1 is 1.29 bits per heavy atom. The Balaban J connectivity index is 1.75. The van der Waals surface area contributed by atoms with Gasteiger partial charge in [-0.3, -0.25) is 4.57 Å². The average Bonchev–Trinajstić information content (AvgIpc) is 2.81. The lowest BCUT2D eigenvalue weighted by Gasteiger charge is -2.06. The number of nitrogens with zero attached hydrogens (tertiary/aromatic N) is 2. The summed E-state index contributed by atoms with van der Waals surface area (Å²) in [6.45, 7) is 5.44. The van der Waals surface area contributed by atoms with Crippen molar-refractivity contribution in [3.8, 4) is 0 Å². The molecule has 0 saturated carbocycles. The molecule has 0 unspecified atom stereocenters. The van der Waals surface area contributed by atoms with E-state index in [1.54, 1.807) is 4.57 Å². The molecule has 0 bridgehead atoms. The summed E-state index contributed by atoms with van der Waals surface area (Å²) >= 11 is 0. The Bertz CT molecular complexity index is 616. The summed E-state index contributed by atoms with van der Waals surface area (Å²) in [5.74, 6) is 0. The largest absolute Gasteiger partial charge is 0.349 e. The maximum absolute atomic E-state index is 11.9. The number of aryl methyl sites for hydroxylation is 2. The predicted molar refractivity (Wildman–Crippen MR) is 85.5 cm³/mol. The first-order valence-electron chi connectivity index (χ1n) is 7.68. The molecule has 0 aliphatic carbocycles. The van der Waals surface area contributed by atoms with Crippen molar-refractivity contribution in [1.29, 1.82) is 0 Å². The highest BCUT2D eigenvalue weighted by Crippen LogP contribution is 2.10. The number of hydrogen-bond donors (Lipinski definition) is 3. The van der Waals surface area contributed by atoms with Crippen molar-refractivity contribution < 1.29 is 0 Å². The van der Waals surface area contributed by atoms with Gasteiger partial charge < -0.3 is 16.0 Å². The molecule has 6 nitrogen and oxygen atoms in total. The molecular formula is C15H25N5O. The van der Waals surface area contributed by atoms with Crippen LogP contribution in [0.3, 0.4) is 0 Å². The quantitative estimate of drug-likeness (QED) is 0.605. The van der Waals surface area contributed by atoms with Crippen LogP contribution in [0, 0.1) is 6.92 Å². The van der Waals surface area contributed by atoms with Gasteiger partial charge in [0.2, 0.25) is 0 Å². The van der Waals surface area contributed by atoms with E-state index < -0.39 is 0 Å². The van der Waals surface area contributed by atoms with E-state index >= 15 is 0 Å². The van der Waals surface area contributed by atoms with Gasteiger partial charge in [0.1, 0.15) is 5.65 Å². The fourth-order valence-electron chi connectivity index (χ4n) is 2.39. The molecule has 2 heterocycles. The van der Waals surface area contributed by atoms with Crippen LogP contribution in [0.15, 0.2) is 17.1 Å². The Morgan fingerprint density at radius 3 is 2.90 bits per heavy atom. The first kappa shape index (κ1) is 15.7. The molecule has 0 saturated heterocycles. The van der Waals surface area contributed by atoms with Crippen LogP contribution in [-0.4, -0.2) is 34.2 Å². The van der Waals surface area contributed by atoms with Crippen molar-refractivity contribution in [2.45, 2.75) is 39.2 Å². The molecule has 116 valence electrons. The molecule has 0 aliphatic rings. The molecule has 6 heteroatoms. The van der Waals surface area contributed by atoms with Crippen LogP contribution in [0.1, 0.15) is 31.4 Å². The molecule has 2 rings (SSSR count). The van der Waals surface area contributed by atoms with Gasteiger partial charge in [-0.15, -0.1) is 0 Å². The molecule has 0 aliphatic heterocycles. The number of H-pyrrole nitrogens is 1. The van der Waals surface area contributed by atoms with E-state index in [9.17, 15) is 4.79 Å². The topological polar surface area (TPSA) is 88.7 Å². The van der Waals surface area contributed by atoms with E-state index in [1.165, 1.54) is 0 Å². The second-order valence-corrected chi connectivity index (χ2v) is 5.43. The maximum atomic E-state index is 11.9. The minimum absolute atomic E-state index is 0.176. The predicted octanol–water partition coefficient (Wildman–Crippen LogP) is 1.14. The minimum atomic E-state index is -0.176. The first-order chi connectivity index (χ1) is 10.2. The summed E-state index contributed by atoms with van der Waals surface area (Å²) in [6.07, 6.45) is 6.14. The molecule has 0 amide bonds. The highest BCUT2D eigenvalue weighted by Gasteiger charge is 2.03. The lowest BCUT2D eigenvalue weighted by molar-refractivity contribution is 0.544. The van der Waals surface area contributed by atoms with Crippen molar-refractivity contribution in [2.75, 3.05) is 19.6 Å². The zero-order valence-corrected chi connectivity index (χ0v) is 12.7. The smallest absolute Gasteiger partial charge is 0.343 e. The number of aromatic amines is 1. The van der Waals surface area contributed by atoms with Gasteiger partial charge in [-0.2, -0.15) is 4.98 Å². The van der Waals surface area contributed by atoms with Crippen LogP contribution in [0.25, 0.3) is 11.0 Å². The summed E-state index contributed by atoms with van der Waals surface area (Å²) < 4.78 is 1.71. The normalized spacial score (nSPS) is 11.3. The van der Waals surface area contributed by atoms with Crippen molar-refractivity contribution in [2.24, 2.45) is 5.73 Å². The molecule has 0 spiro atoms. The summed E-state index contributed by atoms with van der Waals surface area (Å²) in [7, 11) is 0. The fourth-order valence-corrected chi connectivity index (χ4v) is 2.39. The van der Waals surface area contributed by atoms with Crippen molar-refractivity contribution >= 4 is 11.0 Å². The van der Waals surface area contributed by atoms with Gasteiger partial charge in [-0.25, -0.2) is 4.79 Å². The van der Waals surface area contributed by atoms with E-state index in [-0.39, 0.29) is 5.69 Å². The Kier molecular flexibility index (Phi) is 5.95. The van der Waals surface area contributed by atoms with E-state index in [1.807, 2.05) is 19.2 Å². The van der Waals surface area contributed by atoms with Gasteiger partial charge in [-0.1, -0.05) is 6.42 Å². The second kappa shape index (κ2) is 7.95. The molecule has 4 N–H and O–H groups in total. The van der Waals surface area contributed by atoms with Gasteiger partial charge in [0, 0.05) is 23.8 Å². The van der Waals surface area contributed by atoms with Gasteiger partial charge >= 0.3 is 5.69 Å². The lowest BCUT2D eigenvalue weighted by atomic mass is 10.2.